The van der Waals surface area contributed by atoms with Gasteiger partial charge in [-0.1, -0.05) is 37.3 Å². The van der Waals surface area contributed by atoms with Crippen LogP contribution in [0.1, 0.15) is 38.2 Å². The van der Waals surface area contributed by atoms with Crippen LogP contribution in [0.5, 0.6) is 0 Å². The van der Waals surface area contributed by atoms with Crippen molar-refractivity contribution >= 4 is 11.8 Å². The molecule has 1 N–H and O–H groups in total. The Hall–Kier alpha value is -1.88. The number of amides is 2. The molecule has 0 spiro atoms. The number of likely N-dealkylation sites (tertiary alicyclic amines) is 1. The highest BCUT2D eigenvalue weighted by Crippen LogP contribution is 2.23. The number of carbonyl (C=O) groups is 2. The molecule has 0 radical (unpaired) electrons. The molecule has 0 saturated carbocycles. The van der Waals surface area contributed by atoms with Crippen molar-refractivity contribution in [2.24, 2.45) is 5.92 Å². The fraction of sp³-hybridized carbons (Fsp3) is 0.600. The summed E-state index contributed by atoms with van der Waals surface area (Å²) in [5.41, 5.74) is 1.18. The van der Waals surface area contributed by atoms with Crippen molar-refractivity contribution in [3.05, 3.63) is 35.9 Å². The van der Waals surface area contributed by atoms with Crippen molar-refractivity contribution in [2.45, 2.75) is 51.2 Å². The Balaban J connectivity index is 1.38. The largest absolute Gasteiger partial charge is 0.368 e. The first kappa shape index (κ1) is 17.9. The molecule has 0 aliphatic carbocycles. The zero-order chi connectivity index (χ0) is 17.6. The molecule has 5 heteroatoms. The van der Waals surface area contributed by atoms with Gasteiger partial charge in [-0.3, -0.25) is 9.59 Å². The molecule has 136 valence electrons. The van der Waals surface area contributed by atoms with Crippen molar-refractivity contribution in [2.75, 3.05) is 19.7 Å². The second-order valence-corrected chi connectivity index (χ2v) is 7.21. The Bertz CT molecular complexity index is 582. The molecule has 2 aliphatic rings. The Morgan fingerprint density at radius 3 is 2.52 bits per heavy atom. The van der Waals surface area contributed by atoms with Crippen molar-refractivity contribution in [3.63, 3.8) is 0 Å². The standard InChI is InChI=1S/C20H28N2O3/c1-15-11-14-25-19(15)20(24)22-12-9-17(10-13-22)21-18(23)8-7-16-5-3-2-4-6-16/h2-6,15,17,19H,7-14H2,1H3,(H,21,23)/t15-,19-/m1/s1. The maximum absolute atomic E-state index is 12.5. The van der Waals surface area contributed by atoms with Gasteiger partial charge in [0.05, 0.1) is 0 Å². The van der Waals surface area contributed by atoms with E-state index < -0.39 is 0 Å². The molecule has 3 rings (SSSR count). The lowest BCUT2D eigenvalue weighted by molar-refractivity contribution is -0.143. The van der Waals surface area contributed by atoms with Crippen LogP contribution in [0.4, 0.5) is 0 Å². The molecule has 25 heavy (non-hydrogen) atoms. The molecule has 2 heterocycles. The van der Waals surface area contributed by atoms with Crippen LogP contribution in [0, 0.1) is 5.92 Å². The molecule has 0 bridgehead atoms. The maximum Gasteiger partial charge on any atom is 0.251 e. The van der Waals surface area contributed by atoms with E-state index >= 15 is 0 Å². The molecule has 5 nitrogen and oxygen atoms in total. The minimum Gasteiger partial charge on any atom is -0.368 e. The second kappa shape index (κ2) is 8.48. The van der Waals surface area contributed by atoms with Gasteiger partial charge in [-0.15, -0.1) is 0 Å². The SMILES string of the molecule is C[C@@H]1CCO[C@H]1C(=O)N1CCC(NC(=O)CCc2ccccc2)CC1. The van der Waals surface area contributed by atoms with Crippen LogP contribution in [0.25, 0.3) is 0 Å². The average Bonchev–Trinajstić information content (AvgIpc) is 3.07. The monoisotopic (exact) mass is 344 g/mol. The van der Waals surface area contributed by atoms with Gasteiger partial charge in [0.1, 0.15) is 6.10 Å². The van der Waals surface area contributed by atoms with E-state index in [2.05, 4.69) is 12.2 Å². The summed E-state index contributed by atoms with van der Waals surface area (Å²) >= 11 is 0. The van der Waals surface area contributed by atoms with E-state index in [-0.39, 0.29) is 24.0 Å². The summed E-state index contributed by atoms with van der Waals surface area (Å²) < 4.78 is 5.58. The Kier molecular flexibility index (Phi) is 6.08. The fourth-order valence-corrected chi connectivity index (χ4v) is 3.64. The maximum atomic E-state index is 12.5. The predicted molar refractivity (Wildman–Crippen MR) is 96.0 cm³/mol. The first-order valence-electron chi connectivity index (χ1n) is 9.37. The highest BCUT2D eigenvalue weighted by atomic mass is 16.5. The van der Waals surface area contributed by atoms with Crippen LogP contribution in [-0.4, -0.2) is 48.6 Å². The minimum atomic E-state index is -0.267. The van der Waals surface area contributed by atoms with Crippen molar-refractivity contribution < 1.29 is 14.3 Å². The first-order chi connectivity index (χ1) is 12.1. The van der Waals surface area contributed by atoms with Crippen LogP contribution in [0.2, 0.25) is 0 Å². The topological polar surface area (TPSA) is 58.6 Å². The Morgan fingerprint density at radius 2 is 1.88 bits per heavy atom. The van der Waals surface area contributed by atoms with Gasteiger partial charge in [-0.05, 0) is 37.2 Å². The lowest BCUT2D eigenvalue weighted by Gasteiger charge is -2.34. The lowest BCUT2D eigenvalue weighted by atomic mass is 10.00. The molecule has 2 saturated heterocycles. The summed E-state index contributed by atoms with van der Waals surface area (Å²) in [6.45, 7) is 4.17. The van der Waals surface area contributed by atoms with Crippen molar-refractivity contribution in [1.82, 2.24) is 10.2 Å². The number of hydrogen-bond acceptors (Lipinski definition) is 3. The molecular formula is C20H28N2O3. The molecular weight excluding hydrogens is 316 g/mol. The van der Waals surface area contributed by atoms with Gasteiger partial charge in [-0.25, -0.2) is 0 Å². The van der Waals surface area contributed by atoms with Gasteiger partial charge >= 0.3 is 0 Å². The number of piperidine rings is 1. The number of carbonyl (C=O) groups excluding carboxylic acids is 2. The third-order valence-corrected chi connectivity index (χ3v) is 5.29. The number of rotatable bonds is 5. The predicted octanol–water partition coefficient (Wildman–Crippen LogP) is 2.15. The fourth-order valence-electron chi connectivity index (χ4n) is 3.64. The molecule has 2 fully saturated rings. The molecule has 2 atom stereocenters. The zero-order valence-electron chi connectivity index (χ0n) is 14.9. The zero-order valence-corrected chi connectivity index (χ0v) is 14.9. The number of benzene rings is 1. The number of nitrogens with one attached hydrogen (secondary N) is 1. The summed E-state index contributed by atoms with van der Waals surface area (Å²) in [6, 6.07) is 10.2. The average molecular weight is 344 g/mol. The minimum absolute atomic E-state index is 0.0985. The molecule has 1 aromatic rings. The quantitative estimate of drug-likeness (QED) is 0.890. The normalized spacial score (nSPS) is 24.3. The van der Waals surface area contributed by atoms with E-state index in [9.17, 15) is 9.59 Å². The second-order valence-electron chi connectivity index (χ2n) is 7.21. The van der Waals surface area contributed by atoms with E-state index in [1.54, 1.807) is 0 Å². The smallest absolute Gasteiger partial charge is 0.251 e. The highest BCUT2D eigenvalue weighted by Gasteiger charge is 2.35. The van der Waals surface area contributed by atoms with Gasteiger partial charge in [0.15, 0.2) is 0 Å². The molecule has 2 aliphatic heterocycles. The van der Waals surface area contributed by atoms with E-state index in [1.165, 1.54) is 5.56 Å². The molecule has 2 amide bonds. The third-order valence-electron chi connectivity index (χ3n) is 5.29. The molecule has 0 unspecified atom stereocenters. The van der Waals surface area contributed by atoms with Crippen LogP contribution in [0.15, 0.2) is 30.3 Å². The van der Waals surface area contributed by atoms with E-state index in [1.807, 2.05) is 35.2 Å². The summed E-state index contributed by atoms with van der Waals surface area (Å²) in [6.07, 6.45) is 3.62. The van der Waals surface area contributed by atoms with Gasteiger partial charge in [-0.2, -0.15) is 0 Å². The van der Waals surface area contributed by atoms with E-state index in [0.717, 1.165) is 25.7 Å². The summed E-state index contributed by atoms with van der Waals surface area (Å²) in [4.78, 5) is 26.6. The van der Waals surface area contributed by atoms with Gasteiger partial charge in [0.2, 0.25) is 5.91 Å². The Labute approximate surface area is 149 Å². The summed E-state index contributed by atoms with van der Waals surface area (Å²) in [7, 11) is 0. The van der Waals surface area contributed by atoms with E-state index in [0.29, 0.717) is 32.0 Å². The van der Waals surface area contributed by atoms with Gasteiger partial charge < -0.3 is 15.0 Å². The summed E-state index contributed by atoms with van der Waals surface area (Å²) in [5.74, 6) is 0.531. The molecule has 1 aromatic carbocycles. The van der Waals surface area contributed by atoms with Crippen molar-refractivity contribution in [1.29, 1.82) is 0 Å². The molecule has 0 aromatic heterocycles. The van der Waals surface area contributed by atoms with Crippen LogP contribution in [0.3, 0.4) is 0 Å². The van der Waals surface area contributed by atoms with Gasteiger partial charge in [0.25, 0.3) is 5.91 Å². The number of nitrogens with zero attached hydrogens (tertiary/aromatic N) is 1. The van der Waals surface area contributed by atoms with E-state index in [4.69, 9.17) is 4.74 Å². The Morgan fingerprint density at radius 1 is 1.16 bits per heavy atom. The van der Waals surface area contributed by atoms with Crippen LogP contribution < -0.4 is 5.32 Å². The highest BCUT2D eigenvalue weighted by molar-refractivity contribution is 5.81. The first-order valence-corrected chi connectivity index (χ1v) is 9.37. The van der Waals surface area contributed by atoms with Crippen LogP contribution in [-0.2, 0) is 20.7 Å². The number of ether oxygens (including phenoxy) is 1. The van der Waals surface area contributed by atoms with Crippen molar-refractivity contribution in [3.8, 4) is 0 Å². The number of hydrogen-bond donors (Lipinski definition) is 1. The lowest BCUT2D eigenvalue weighted by Crippen LogP contribution is -2.49. The third kappa shape index (κ3) is 4.82. The van der Waals surface area contributed by atoms with Crippen LogP contribution >= 0.6 is 0 Å². The van der Waals surface area contributed by atoms with Gasteiger partial charge in [0, 0.05) is 32.2 Å². The number of aryl methyl sites for hydroxylation is 1. The summed E-state index contributed by atoms with van der Waals surface area (Å²) in [5, 5.41) is 3.12.